The molecule has 17 heavy (non-hydrogen) atoms. The van der Waals surface area contributed by atoms with E-state index >= 15 is 0 Å². The molecule has 6 heteroatoms. The van der Waals surface area contributed by atoms with Crippen LogP contribution in [0.1, 0.15) is 12.0 Å². The number of nitriles is 1. The van der Waals surface area contributed by atoms with Crippen LogP contribution in [0.25, 0.3) is 0 Å². The number of carbonyl (C=O) groups excluding carboxylic acids is 3. The van der Waals surface area contributed by atoms with Crippen LogP contribution in [0.15, 0.2) is 24.3 Å². The summed E-state index contributed by atoms with van der Waals surface area (Å²) in [6, 6.07) is 7.26. The molecular weight excluding hydrogens is 222 g/mol. The lowest BCUT2D eigenvalue weighted by Crippen LogP contribution is -2.53. The molecule has 0 bridgehead atoms. The number of rotatable bonds is 1. The van der Waals surface area contributed by atoms with E-state index in [4.69, 9.17) is 5.26 Å². The average molecular weight is 229 g/mol. The maximum atomic E-state index is 11.6. The maximum absolute atomic E-state index is 11.6. The van der Waals surface area contributed by atoms with Gasteiger partial charge in [-0.1, -0.05) is 12.1 Å². The monoisotopic (exact) mass is 229 g/mol. The zero-order valence-electron chi connectivity index (χ0n) is 8.64. The van der Waals surface area contributed by atoms with E-state index in [9.17, 15) is 14.4 Å². The Labute approximate surface area is 96.4 Å². The molecule has 0 aliphatic carbocycles. The van der Waals surface area contributed by atoms with Gasteiger partial charge in [0.2, 0.25) is 11.8 Å². The van der Waals surface area contributed by atoms with Gasteiger partial charge in [-0.05, 0) is 12.1 Å². The average Bonchev–Trinajstić information content (AvgIpc) is 2.28. The molecule has 1 aliphatic heterocycles. The first-order valence-electron chi connectivity index (χ1n) is 4.79. The Hall–Kier alpha value is -2.68. The molecule has 1 heterocycles. The number of carbonyl (C=O) groups is 3. The van der Waals surface area contributed by atoms with E-state index in [0.717, 1.165) is 4.90 Å². The van der Waals surface area contributed by atoms with Crippen molar-refractivity contribution >= 4 is 23.5 Å². The Bertz CT molecular complexity index is 539. The van der Waals surface area contributed by atoms with Gasteiger partial charge in [-0.2, -0.15) is 5.26 Å². The molecule has 0 unspecified atom stereocenters. The summed E-state index contributed by atoms with van der Waals surface area (Å²) in [4.78, 5) is 34.9. The van der Waals surface area contributed by atoms with Crippen molar-refractivity contribution in [3.63, 3.8) is 0 Å². The topological polar surface area (TPSA) is 90.3 Å². The van der Waals surface area contributed by atoms with Gasteiger partial charge in [-0.25, -0.2) is 9.69 Å². The van der Waals surface area contributed by atoms with Gasteiger partial charge in [0.25, 0.3) is 0 Å². The Morgan fingerprint density at radius 3 is 2.59 bits per heavy atom. The van der Waals surface area contributed by atoms with Gasteiger partial charge in [0.1, 0.15) is 12.5 Å². The Balaban J connectivity index is 2.46. The first-order valence-corrected chi connectivity index (χ1v) is 4.79. The number of barbiturate groups is 1. The molecule has 84 valence electrons. The van der Waals surface area contributed by atoms with Crippen LogP contribution in [0, 0.1) is 11.3 Å². The molecule has 0 aromatic heterocycles. The molecule has 0 atom stereocenters. The van der Waals surface area contributed by atoms with Gasteiger partial charge >= 0.3 is 6.03 Å². The molecule has 1 aromatic rings. The van der Waals surface area contributed by atoms with Crippen LogP contribution in [-0.4, -0.2) is 17.8 Å². The van der Waals surface area contributed by atoms with Crippen molar-refractivity contribution in [3.05, 3.63) is 29.8 Å². The van der Waals surface area contributed by atoms with Crippen molar-refractivity contribution in [3.8, 4) is 6.07 Å². The maximum Gasteiger partial charge on any atom is 0.335 e. The molecule has 4 amide bonds. The van der Waals surface area contributed by atoms with Crippen LogP contribution in [0.3, 0.4) is 0 Å². The number of urea groups is 1. The molecule has 0 saturated carbocycles. The predicted molar refractivity (Wildman–Crippen MR) is 56.8 cm³/mol. The van der Waals surface area contributed by atoms with Crippen molar-refractivity contribution in [2.24, 2.45) is 0 Å². The minimum atomic E-state index is -0.825. The van der Waals surface area contributed by atoms with Crippen LogP contribution in [-0.2, 0) is 9.59 Å². The van der Waals surface area contributed by atoms with Crippen molar-refractivity contribution in [1.29, 1.82) is 5.26 Å². The number of amides is 4. The molecule has 0 spiro atoms. The molecule has 1 fully saturated rings. The van der Waals surface area contributed by atoms with Crippen LogP contribution in [0.4, 0.5) is 10.5 Å². The molecule has 0 radical (unpaired) electrons. The summed E-state index contributed by atoms with van der Waals surface area (Å²) in [6.07, 6.45) is -0.397. The smallest absolute Gasteiger partial charge is 0.277 e. The minimum Gasteiger partial charge on any atom is -0.277 e. The standard InChI is InChI=1S/C11H7N3O3/c12-6-7-3-1-2-4-8(7)14-10(16)5-9(15)13-11(14)17/h1-4H,5H2,(H,13,15,17). The largest absolute Gasteiger partial charge is 0.335 e. The van der Waals surface area contributed by atoms with Crippen LogP contribution in [0.2, 0.25) is 0 Å². The molecule has 1 saturated heterocycles. The van der Waals surface area contributed by atoms with Crippen molar-refractivity contribution in [2.45, 2.75) is 6.42 Å². The molecule has 1 aliphatic rings. The number of imide groups is 2. The summed E-state index contributed by atoms with van der Waals surface area (Å²) in [6.45, 7) is 0. The number of benzene rings is 1. The quantitative estimate of drug-likeness (QED) is 0.711. The van der Waals surface area contributed by atoms with Crippen molar-refractivity contribution in [1.82, 2.24) is 5.32 Å². The number of nitrogens with one attached hydrogen (secondary N) is 1. The number of nitrogens with zero attached hydrogens (tertiary/aromatic N) is 2. The van der Waals surface area contributed by atoms with E-state index in [-0.39, 0.29) is 11.3 Å². The summed E-state index contributed by atoms with van der Waals surface area (Å²) >= 11 is 0. The second-order valence-electron chi connectivity index (χ2n) is 3.39. The van der Waals surface area contributed by atoms with Gasteiger partial charge in [-0.15, -0.1) is 0 Å². The number of hydrogen-bond acceptors (Lipinski definition) is 4. The van der Waals surface area contributed by atoms with Crippen LogP contribution >= 0.6 is 0 Å². The van der Waals surface area contributed by atoms with Crippen molar-refractivity contribution in [2.75, 3.05) is 4.90 Å². The minimum absolute atomic E-state index is 0.185. The highest BCUT2D eigenvalue weighted by Gasteiger charge is 2.33. The number of anilines is 1. The van der Waals surface area contributed by atoms with Gasteiger partial charge in [0.05, 0.1) is 11.3 Å². The highest BCUT2D eigenvalue weighted by atomic mass is 16.2. The van der Waals surface area contributed by atoms with Crippen LogP contribution < -0.4 is 10.2 Å². The third-order valence-electron chi connectivity index (χ3n) is 2.28. The zero-order chi connectivity index (χ0) is 12.4. The Morgan fingerprint density at radius 2 is 1.94 bits per heavy atom. The van der Waals surface area contributed by atoms with E-state index in [1.165, 1.54) is 12.1 Å². The zero-order valence-corrected chi connectivity index (χ0v) is 8.64. The number of hydrogen-bond donors (Lipinski definition) is 1. The lowest BCUT2D eigenvalue weighted by molar-refractivity contribution is -0.128. The SMILES string of the molecule is N#Cc1ccccc1N1C(=O)CC(=O)NC1=O. The second kappa shape index (κ2) is 4.06. The molecule has 1 N–H and O–H groups in total. The third-order valence-corrected chi connectivity index (χ3v) is 2.28. The summed E-state index contributed by atoms with van der Waals surface area (Å²) in [5.41, 5.74) is 0.385. The Morgan fingerprint density at radius 1 is 1.24 bits per heavy atom. The van der Waals surface area contributed by atoms with Gasteiger partial charge in [0, 0.05) is 0 Å². The summed E-state index contributed by atoms with van der Waals surface area (Å²) in [5.74, 6) is -1.27. The Kier molecular flexibility index (Phi) is 2.58. The first-order chi connectivity index (χ1) is 8.13. The molecule has 2 rings (SSSR count). The van der Waals surface area contributed by atoms with Gasteiger partial charge < -0.3 is 0 Å². The first kappa shape index (κ1) is 10.8. The lowest BCUT2D eigenvalue weighted by atomic mass is 10.1. The fraction of sp³-hybridized carbons (Fsp3) is 0.0909. The fourth-order valence-corrected chi connectivity index (χ4v) is 1.56. The van der Waals surface area contributed by atoms with E-state index in [2.05, 4.69) is 0 Å². The highest BCUT2D eigenvalue weighted by Crippen LogP contribution is 2.22. The lowest BCUT2D eigenvalue weighted by Gasteiger charge is -2.25. The highest BCUT2D eigenvalue weighted by molar-refractivity contribution is 6.26. The van der Waals surface area contributed by atoms with E-state index in [1.54, 1.807) is 12.1 Å². The third kappa shape index (κ3) is 1.86. The van der Waals surface area contributed by atoms with Crippen LogP contribution in [0.5, 0.6) is 0 Å². The van der Waals surface area contributed by atoms with Gasteiger partial charge in [-0.3, -0.25) is 14.9 Å². The molecule has 1 aromatic carbocycles. The normalized spacial score (nSPS) is 15.5. The molecule has 6 nitrogen and oxygen atoms in total. The van der Waals surface area contributed by atoms with E-state index in [1.807, 2.05) is 11.4 Å². The predicted octanol–water partition coefficient (Wildman–Crippen LogP) is 0.531. The summed E-state index contributed by atoms with van der Waals surface area (Å²) in [7, 11) is 0. The van der Waals surface area contributed by atoms with E-state index < -0.39 is 24.3 Å². The number of para-hydroxylation sites is 1. The summed E-state index contributed by atoms with van der Waals surface area (Å²) in [5, 5.41) is 10.9. The second-order valence-corrected chi connectivity index (χ2v) is 3.39. The summed E-state index contributed by atoms with van der Waals surface area (Å²) < 4.78 is 0. The van der Waals surface area contributed by atoms with Gasteiger partial charge in [0.15, 0.2) is 0 Å². The molecular formula is C11H7N3O3. The van der Waals surface area contributed by atoms with E-state index in [0.29, 0.717) is 0 Å². The fourth-order valence-electron chi connectivity index (χ4n) is 1.56. The van der Waals surface area contributed by atoms with Crippen molar-refractivity contribution < 1.29 is 14.4 Å².